The summed E-state index contributed by atoms with van der Waals surface area (Å²) in [6, 6.07) is 8.27. The van der Waals surface area contributed by atoms with E-state index in [9.17, 15) is 0 Å². The summed E-state index contributed by atoms with van der Waals surface area (Å²) in [4.78, 5) is 3.38. The van der Waals surface area contributed by atoms with Gasteiger partial charge in [0.15, 0.2) is 0 Å². The van der Waals surface area contributed by atoms with Crippen LogP contribution in [0, 0.1) is 6.92 Å². The van der Waals surface area contributed by atoms with Gasteiger partial charge in [-0.05, 0) is 30.9 Å². The molecule has 2 aromatic rings. The van der Waals surface area contributed by atoms with E-state index in [0.29, 0.717) is 0 Å². The van der Waals surface area contributed by atoms with Crippen LogP contribution in [-0.4, -0.2) is 13.4 Å². The molecule has 1 N–H and O–H groups in total. The molecule has 0 spiro atoms. The topological polar surface area (TPSA) is 23.4 Å². The third kappa shape index (κ3) is 1.92. The van der Waals surface area contributed by atoms with Gasteiger partial charge in [-0.15, -0.1) is 0 Å². The number of methoxy groups -OCH3 is 1. The standard InChI is InChI=1S/C12H13NOS/c1-8-6-12(15-3)13-11-7-9(14-2)4-5-10(8)11/h4-7H,1-3H3/p+1. The fourth-order valence-corrected chi connectivity index (χ4v) is 2.16. The lowest BCUT2D eigenvalue weighted by atomic mass is 10.1. The average Bonchev–Trinajstić information content (AvgIpc) is 2.28. The number of ether oxygens (including phenoxy) is 1. The summed E-state index contributed by atoms with van der Waals surface area (Å²) in [5.74, 6) is 0.886. The number of hydrogen-bond acceptors (Lipinski definition) is 2. The Morgan fingerprint density at radius 1 is 1.27 bits per heavy atom. The second-order valence-corrected chi connectivity index (χ2v) is 4.28. The number of benzene rings is 1. The van der Waals surface area contributed by atoms with Crippen LogP contribution < -0.4 is 9.72 Å². The van der Waals surface area contributed by atoms with E-state index < -0.39 is 0 Å². The number of fused-ring (bicyclic) bond motifs is 1. The molecule has 0 amide bonds. The summed E-state index contributed by atoms with van der Waals surface area (Å²) in [6.45, 7) is 2.13. The van der Waals surface area contributed by atoms with Crippen LogP contribution in [-0.2, 0) is 0 Å². The molecule has 0 fully saturated rings. The first-order chi connectivity index (χ1) is 7.24. The van der Waals surface area contributed by atoms with Gasteiger partial charge in [0.2, 0.25) is 10.5 Å². The summed E-state index contributed by atoms with van der Waals surface area (Å²) < 4.78 is 5.21. The van der Waals surface area contributed by atoms with Gasteiger partial charge in [0, 0.05) is 11.5 Å². The van der Waals surface area contributed by atoms with E-state index in [0.717, 1.165) is 11.3 Å². The largest absolute Gasteiger partial charge is 0.497 e. The van der Waals surface area contributed by atoms with Crippen molar-refractivity contribution in [3.8, 4) is 5.75 Å². The maximum Gasteiger partial charge on any atom is 0.238 e. The molecule has 0 saturated carbocycles. The highest BCUT2D eigenvalue weighted by Crippen LogP contribution is 2.22. The molecule has 2 nitrogen and oxygen atoms in total. The molecule has 3 heteroatoms. The Labute approximate surface area is 93.7 Å². The first kappa shape index (κ1) is 10.3. The second kappa shape index (κ2) is 4.11. The number of nitrogens with one attached hydrogen (secondary N) is 1. The highest BCUT2D eigenvalue weighted by molar-refractivity contribution is 7.98. The van der Waals surface area contributed by atoms with Crippen molar-refractivity contribution in [3.63, 3.8) is 0 Å². The van der Waals surface area contributed by atoms with Crippen LogP contribution in [0.4, 0.5) is 0 Å². The van der Waals surface area contributed by atoms with Crippen LogP contribution in [0.5, 0.6) is 5.75 Å². The molecule has 0 radical (unpaired) electrons. The SMILES string of the molecule is COc1ccc2c(C)cc(SC)[nH+]c2c1. The van der Waals surface area contributed by atoms with Crippen LogP contribution in [0.25, 0.3) is 10.9 Å². The molecule has 0 saturated heterocycles. The van der Waals surface area contributed by atoms with Crippen molar-refractivity contribution in [1.29, 1.82) is 0 Å². The lowest BCUT2D eigenvalue weighted by molar-refractivity contribution is -0.395. The van der Waals surface area contributed by atoms with Gasteiger partial charge in [-0.2, -0.15) is 4.98 Å². The summed E-state index contributed by atoms with van der Waals surface area (Å²) >= 11 is 1.71. The number of rotatable bonds is 2. The third-order valence-electron chi connectivity index (χ3n) is 2.48. The number of aromatic nitrogens is 1. The van der Waals surface area contributed by atoms with Crippen LogP contribution in [0.1, 0.15) is 5.56 Å². The van der Waals surface area contributed by atoms with Crippen molar-refractivity contribution in [3.05, 3.63) is 29.8 Å². The highest BCUT2D eigenvalue weighted by Gasteiger charge is 2.09. The molecular formula is C12H14NOS+. The molecule has 78 valence electrons. The van der Waals surface area contributed by atoms with Gasteiger partial charge >= 0.3 is 0 Å². The number of thioether (sulfide) groups is 1. The summed E-state index contributed by atoms with van der Waals surface area (Å²) in [5, 5.41) is 2.42. The predicted molar refractivity (Wildman–Crippen MR) is 63.6 cm³/mol. The Morgan fingerprint density at radius 3 is 2.73 bits per heavy atom. The highest BCUT2D eigenvalue weighted by atomic mass is 32.2. The van der Waals surface area contributed by atoms with Gasteiger partial charge in [-0.3, -0.25) is 0 Å². The van der Waals surface area contributed by atoms with Crippen molar-refractivity contribution in [2.45, 2.75) is 11.9 Å². The van der Waals surface area contributed by atoms with Crippen molar-refractivity contribution >= 4 is 22.7 Å². The van der Waals surface area contributed by atoms with Crippen LogP contribution in [0.2, 0.25) is 0 Å². The predicted octanol–water partition coefficient (Wildman–Crippen LogP) is 2.69. The minimum atomic E-state index is 0.886. The van der Waals surface area contributed by atoms with E-state index >= 15 is 0 Å². The molecule has 1 aromatic carbocycles. The van der Waals surface area contributed by atoms with Gasteiger partial charge in [-0.25, -0.2) is 0 Å². The molecule has 0 aliphatic rings. The van der Waals surface area contributed by atoms with Crippen molar-refractivity contribution in [2.24, 2.45) is 0 Å². The molecular weight excluding hydrogens is 206 g/mol. The van der Waals surface area contributed by atoms with E-state index in [1.54, 1.807) is 18.9 Å². The van der Waals surface area contributed by atoms with Crippen LogP contribution >= 0.6 is 11.8 Å². The Hall–Kier alpha value is -1.22. The van der Waals surface area contributed by atoms with E-state index in [1.165, 1.54) is 16.0 Å². The minimum Gasteiger partial charge on any atom is -0.497 e. The number of hydrogen-bond donors (Lipinski definition) is 0. The molecule has 0 bridgehead atoms. The Balaban J connectivity index is 2.69. The van der Waals surface area contributed by atoms with Crippen molar-refractivity contribution in [1.82, 2.24) is 0 Å². The second-order valence-electron chi connectivity index (χ2n) is 3.43. The number of pyridine rings is 1. The number of aromatic amines is 1. The monoisotopic (exact) mass is 220 g/mol. The maximum atomic E-state index is 5.21. The molecule has 0 aliphatic heterocycles. The average molecular weight is 220 g/mol. The van der Waals surface area contributed by atoms with Crippen molar-refractivity contribution < 1.29 is 9.72 Å². The van der Waals surface area contributed by atoms with Gasteiger partial charge in [0.25, 0.3) is 0 Å². The number of H-pyrrole nitrogens is 1. The van der Waals surface area contributed by atoms with Crippen molar-refractivity contribution in [2.75, 3.05) is 13.4 Å². The third-order valence-corrected chi connectivity index (χ3v) is 3.14. The Bertz CT molecular complexity index is 491. The molecule has 1 heterocycles. The molecule has 0 unspecified atom stereocenters. The Kier molecular flexibility index (Phi) is 2.82. The lowest BCUT2D eigenvalue weighted by Crippen LogP contribution is -2.08. The summed E-state index contributed by atoms with van der Waals surface area (Å²) in [7, 11) is 1.69. The molecule has 0 atom stereocenters. The zero-order valence-electron chi connectivity index (χ0n) is 9.13. The zero-order valence-corrected chi connectivity index (χ0v) is 9.94. The smallest absolute Gasteiger partial charge is 0.238 e. The number of aryl methyl sites for hydroxylation is 1. The molecule has 1 aromatic heterocycles. The zero-order chi connectivity index (χ0) is 10.8. The normalized spacial score (nSPS) is 10.6. The molecule has 0 aliphatic carbocycles. The maximum absolute atomic E-state index is 5.21. The summed E-state index contributed by atoms with van der Waals surface area (Å²) in [5.41, 5.74) is 2.41. The van der Waals surface area contributed by atoms with E-state index in [2.05, 4.69) is 30.3 Å². The van der Waals surface area contributed by atoms with E-state index in [-0.39, 0.29) is 0 Å². The first-order valence-corrected chi connectivity index (χ1v) is 6.01. The van der Waals surface area contributed by atoms with E-state index in [1.807, 2.05) is 12.1 Å². The minimum absolute atomic E-state index is 0.886. The van der Waals surface area contributed by atoms with Gasteiger partial charge in [0.05, 0.1) is 13.2 Å². The van der Waals surface area contributed by atoms with E-state index in [4.69, 9.17) is 4.74 Å². The Morgan fingerprint density at radius 2 is 2.07 bits per heavy atom. The van der Waals surface area contributed by atoms with Crippen LogP contribution in [0.15, 0.2) is 29.3 Å². The van der Waals surface area contributed by atoms with Gasteiger partial charge < -0.3 is 4.74 Å². The van der Waals surface area contributed by atoms with Crippen LogP contribution in [0.3, 0.4) is 0 Å². The summed E-state index contributed by atoms with van der Waals surface area (Å²) in [6.07, 6.45) is 2.07. The van der Waals surface area contributed by atoms with Gasteiger partial charge in [0.1, 0.15) is 5.75 Å². The quantitative estimate of drug-likeness (QED) is 0.726. The first-order valence-electron chi connectivity index (χ1n) is 4.79. The molecule has 15 heavy (non-hydrogen) atoms. The fourth-order valence-electron chi connectivity index (χ4n) is 1.65. The molecule has 2 rings (SSSR count). The fraction of sp³-hybridized carbons (Fsp3) is 0.250. The lowest BCUT2D eigenvalue weighted by Gasteiger charge is -2.01. The van der Waals surface area contributed by atoms with Gasteiger partial charge in [-0.1, -0.05) is 11.8 Å².